The van der Waals surface area contributed by atoms with Crippen molar-refractivity contribution in [2.75, 3.05) is 33.5 Å². The second kappa shape index (κ2) is 13.9. The highest BCUT2D eigenvalue weighted by atomic mass is 16.5. The molecule has 0 bridgehead atoms. The summed E-state index contributed by atoms with van der Waals surface area (Å²) in [5, 5.41) is 0. The molecule has 0 amide bonds. The summed E-state index contributed by atoms with van der Waals surface area (Å²) in [6.45, 7) is 7.17. The van der Waals surface area contributed by atoms with Crippen molar-refractivity contribution in [3.8, 4) is 0 Å². The van der Waals surface area contributed by atoms with Crippen molar-refractivity contribution in [2.45, 2.75) is 58.5 Å². The summed E-state index contributed by atoms with van der Waals surface area (Å²) in [6.07, 6.45) is 7.83. The molecule has 0 unspecified atom stereocenters. The number of unbranched alkanes of at least 4 members (excludes halogenated alkanes) is 2. The molecule has 0 aliphatic heterocycles. The van der Waals surface area contributed by atoms with Gasteiger partial charge < -0.3 is 14.2 Å². The molecule has 17 heavy (non-hydrogen) atoms. The number of ether oxygens (including phenoxy) is 3. The molecule has 104 valence electrons. The van der Waals surface area contributed by atoms with Crippen LogP contribution in [0.4, 0.5) is 0 Å². The Hall–Kier alpha value is -0.120. The maximum Gasteiger partial charge on any atom is 0.0704 e. The van der Waals surface area contributed by atoms with E-state index in [9.17, 15) is 0 Å². The average Bonchev–Trinajstić information content (AvgIpc) is 2.35. The topological polar surface area (TPSA) is 27.7 Å². The van der Waals surface area contributed by atoms with Crippen LogP contribution in [0.3, 0.4) is 0 Å². The van der Waals surface area contributed by atoms with E-state index in [0.717, 1.165) is 0 Å². The van der Waals surface area contributed by atoms with E-state index in [0.29, 0.717) is 32.5 Å². The monoisotopic (exact) mass is 246 g/mol. The fourth-order valence-electron chi connectivity index (χ4n) is 1.69. The maximum absolute atomic E-state index is 5.86. The average molecular weight is 246 g/mol. The Morgan fingerprint density at radius 1 is 0.824 bits per heavy atom. The van der Waals surface area contributed by atoms with E-state index in [1.54, 1.807) is 7.11 Å². The van der Waals surface area contributed by atoms with E-state index in [4.69, 9.17) is 14.2 Å². The van der Waals surface area contributed by atoms with Gasteiger partial charge in [0.05, 0.1) is 32.5 Å². The molecule has 0 aromatic rings. The molecule has 3 heteroatoms. The largest absolute Gasteiger partial charge is 0.382 e. The lowest BCUT2D eigenvalue weighted by atomic mass is 10.1. The van der Waals surface area contributed by atoms with Gasteiger partial charge in [-0.2, -0.15) is 0 Å². The third kappa shape index (κ3) is 12.1. The Morgan fingerprint density at radius 3 is 1.94 bits per heavy atom. The number of hydrogen-bond acceptors (Lipinski definition) is 3. The van der Waals surface area contributed by atoms with Gasteiger partial charge in [-0.3, -0.25) is 0 Å². The summed E-state index contributed by atoms with van der Waals surface area (Å²) < 4.78 is 16.2. The van der Waals surface area contributed by atoms with Crippen molar-refractivity contribution >= 4 is 0 Å². The van der Waals surface area contributed by atoms with Crippen molar-refractivity contribution in [3.05, 3.63) is 0 Å². The van der Waals surface area contributed by atoms with Gasteiger partial charge in [0.1, 0.15) is 0 Å². The molecule has 0 atom stereocenters. The van der Waals surface area contributed by atoms with Crippen LogP contribution < -0.4 is 0 Å². The van der Waals surface area contributed by atoms with Gasteiger partial charge in [0, 0.05) is 7.11 Å². The quantitative estimate of drug-likeness (QED) is 0.466. The van der Waals surface area contributed by atoms with E-state index in [2.05, 4.69) is 13.8 Å². The Balaban J connectivity index is 3.45. The minimum atomic E-state index is 0.431. The highest BCUT2D eigenvalue weighted by molar-refractivity contribution is 4.58. The predicted octanol–water partition coefficient (Wildman–Crippen LogP) is 3.42. The van der Waals surface area contributed by atoms with Gasteiger partial charge in [-0.05, 0) is 12.8 Å². The minimum Gasteiger partial charge on any atom is -0.382 e. The van der Waals surface area contributed by atoms with E-state index >= 15 is 0 Å². The van der Waals surface area contributed by atoms with Crippen LogP contribution in [-0.2, 0) is 14.2 Å². The standard InChI is InChI=1S/C14H30O3/c1-4-6-8-14(9-7-5-2)17-13-12-16-11-10-15-3/h14H,4-13H2,1-3H3. The van der Waals surface area contributed by atoms with Gasteiger partial charge >= 0.3 is 0 Å². The van der Waals surface area contributed by atoms with Gasteiger partial charge in [-0.15, -0.1) is 0 Å². The third-order valence-electron chi connectivity index (χ3n) is 2.77. The molecule has 0 saturated carbocycles. The van der Waals surface area contributed by atoms with Crippen LogP contribution in [0.15, 0.2) is 0 Å². The molecule has 0 aliphatic carbocycles. The first-order chi connectivity index (χ1) is 8.35. The molecule has 0 aromatic heterocycles. The fraction of sp³-hybridized carbons (Fsp3) is 1.00. The summed E-state index contributed by atoms with van der Waals surface area (Å²) in [7, 11) is 1.69. The summed E-state index contributed by atoms with van der Waals surface area (Å²) in [4.78, 5) is 0. The zero-order valence-electron chi connectivity index (χ0n) is 11.9. The van der Waals surface area contributed by atoms with Crippen molar-refractivity contribution in [1.29, 1.82) is 0 Å². The molecule has 0 fully saturated rings. The molecular formula is C14H30O3. The van der Waals surface area contributed by atoms with Gasteiger partial charge in [-0.25, -0.2) is 0 Å². The predicted molar refractivity (Wildman–Crippen MR) is 71.5 cm³/mol. The number of methoxy groups -OCH3 is 1. The number of hydrogen-bond donors (Lipinski definition) is 0. The molecule has 0 heterocycles. The van der Waals surface area contributed by atoms with E-state index < -0.39 is 0 Å². The van der Waals surface area contributed by atoms with Crippen LogP contribution in [0.25, 0.3) is 0 Å². The Kier molecular flexibility index (Phi) is 13.8. The molecule has 0 aliphatic rings. The lowest BCUT2D eigenvalue weighted by Crippen LogP contribution is -2.17. The van der Waals surface area contributed by atoms with E-state index in [-0.39, 0.29) is 0 Å². The highest BCUT2D eigenvalue weighted by Crippen LogP contribution is 2.12. The van der Waals surface area contributed by atoms with E-state index in [1.165, 1.54) is 38.5 Å². The van der Waals surface area contributed by atoms with Crippen LogP contribution in [0.2, 0.25) is 0 Å². The summed E-state index contributed by atoms with van der Waals surface area (Å²) >= 11 is 0. The van der Waals surface area contributed by atoms with Crippen LogP contribution in [0, 0.1) is 0 Å². The van der Waals surface area contributed by atoms with E-state index in [1.807, 2.05) is 0 Å². The summed E-state index contributed by atoms with van der Waals surface area (Å²) in [5.41, 5.74) is 0. The normalized spacial score (nSPS) is 11.3. The Morgan fingerprint density at radius 2 is 1.41 bits per heavy atom. The van der Waals surface area contributed by atoms with Gasteiger partial charge in [0.25, 0.3) is 0 Å². The molecule has 0 rings (SSSR count). The lowest BCUT2D eigenvalue weighted by Gasteiger charge is -2.17. The SMILES string of the molecule is CCCCC(CCCC)OCCOCCOC. The fourth-order valence-corrected chi connectivity index (χ4v) is 1.69. The first-order valence-corrected chi connectivity index (χ1v) is 7.03. The molecule has 0 spiro atoms. The smallest absolute Gasteiger partial charge is 0.0704 e. The molecule has 0 saturated heterocycles. The Labute approximate surface area is 107 Å². The number of rotatable bonds is 13. The molecular weight excluding hydrogens is 216 g/mol. The van der Waals surface area contributed by atoms with Crippen LogP contribution in [0.1, 0.15) is 52.4 Å². The van der Waals surface area contributed by atoms with Gasteiger partial charge in [0.2, 0.25) is 0 Å². The van der Waals surface area contributed by atoms with Crippen LogP contribution in [-0.4, -0.2) is 39.6 Å². The van der Waals surface area contributed by atoms with Crippen molar-refractivity contribution in [3.63, 3.8) is 0 Å². The maximum atomic E-state index is 5.86. The van der Waals surface area contributed by atoms with Crippen molar-refractivity contribution < 1.29 is 14.2 Å². The zero-order chi connectivity index (χ0) is 12.8. The zero-order valence-corrected chi connectivity index (χ0v) is 11.9. The highest BCUT2D eigenvalue weighted by Gasteiger charge is 2.07. The second-order valence-corrected chi connectivity index (χ2v) is 4.38. The third-order valence-corrected chi connectivity index (χ3v) is 2.77. The lowest BCUT2D eigenvalue weighted by molar-refractivity contribution is -0.0130. The Bertz CT molecular complexity index is 131. The molecule has 3 nitrogen and oxygen atoms in total. The summed E-state index contributed by atoms with van der Waals surface area (Å²) in [6, 6.07) is 0. The van der Waals surface area contributed by atoms with Crippen molar-refractivity contribution in [1.82, 2.24) is 0 Å². The minimum absolute atomic E-state index is 0.431. The van der Waals surface area contributed by atoms with Crippen LogP contribution >= 0.6 is 0 Å². The molecule has 0 radical (unpaired) electrons. The summed E-state index contributed by atoms with van der Waals surface area (Å²) in [5.74, 6) is 0. The second-order valence-electron chi connectivity index (χ2n) is 4.38. The van der Waals surface area contributed by atoms with Crippen molar-refractivity contribution in [2.24, 2.45) is 0 Å². The first kappa shape index (κ1) is 16.9. The van der Waals surface area contributed by atoms with Crippen LogP contribution in [0.5, 0.6) is 0 Å². The van der Waals surface area contributed by atoms with Gasteiger partial charge in [0.15, 0.2) is 0 Å². The first-order valence-electron chi connectivity index (χ1n) is 7.03. The van der Waals surface area contributed by atoms with Gasteiger partial charge in [-0.1, -0.05) is 39.5 Å². The molecule has 0 aromatic carbocycles. The molecule has 0 N–H and O–H groups in total.